The Hall–Kier alpha value is -3.50. The van der Waals surface area contributed by atoms with E-state index in [1.165, 1.54) is 16.2 Å². The van der Waals surface area contributed by atoms with Crippen molar-refractivity contribution in [3.8, 4) is 0 Å². The summed E-state index contributed by atoms with van der Waals surface area (Å²) in [5.41, 5.74) is 7.98. The molecule has 8 nitrogen and oxygen atoms in total. The number of hydrogen-bond donors (Lipinski definition) is 1. The fourth-order valence-electron chi connectivity index (χ4n) is 4.87. The number of nitrogens with two attached hydrogens (primary N) is 1. The summed E-state index contributed by atoms with van der Waals surface area (Å²) in [6, 6.07) is 13.2. The number of carbonyl (C=O) groups excluding carboxylic acids is 2. The van der Waals surface area contributed by atoms with Crippen LogP contribution in [-0.4, -0.2) is 43.5 Å². The smallest absolute Gasteiger partial charge is 0.267 e. The number of aryl methyl sites for hydroxylation is 1. The van der Waals surface area contributed by atoms with Gasteiger partial charge in [-0.15, -0.1) is 0 Å². The Bertz CT molecular complexity index is 1490. The number of hydrogen-bond acceptors (Lipinski definition) is 7. The van der Waals surface area contributed by atoms with Gasteiger partial charge in [-0.3, -0.25) is 23.7 Å². The second kappa shape index (κ2) is 10.1. The second-order valence-electron chi connectivity index (χ2n) is 9.34. The largest absolute Gasteiger partial charge is 0.369 e. The Balaban J connectivity index is 1.57. The average molecular weight is 534 g/mol. The molecule has 10 heteroatoms. The van der Waals surface area contributed by atoms with Gasteiger partial charge < -0.3 is 10.6 Å². The number of primary amides is 1. The van der Waals surface area contributed by atoms with E-state index in [0.717, 1.165) is 11.1 Å². The third-order valence-electron chi connectivity index (χ3n) is 7.03. The summed E-state index contributed by atoms with van der Waals surface area (Å²) in [6.45, 7) is 4.91. The van der Waals surface area contributed by atoms with Crippen LogP contribution in [0.15, 0.2) is 58.4 Å². The number of carbonyl (C=O) groups is 2. The van der Waals surface area contributed by atoms with Crippen molar-refractivity contribution in [3.63, 3.8) is 0 Å². The molecule has 0 saturated carbocycles. The number of thioether (sulfide) groups is 1. The van der Waals surface area contributed by atoms with E-state index >= 15 is 0 Å². The van der Waals surface area contributed by atoms with E-state index in [0.29, 0.717) is 52.2 Å². The van der Waals surface area contributed by atoms with E-state index in [-0.39, 0.29) is 29.3 Å². The SMILES string of the molecule is Cc1cccn2c(=O)c(/C=C3\SC(=S)N([C@H](C)c4ccccc4)C3=O)c(N3CCC(C(N)=O)CC3)nc12. The van der Waals surface area contributed by atoms with Crippen molar-refractivity contribution < 1.29 is 9.59 Å². The maximum atomic E-state index is 13.7. The van der Waals surface area contributed by atoms with Crippen LogP contribution in [0.2, 0.25) is 0 Å². The van der Waals surface area contributed by atoms with Gasteiger partial charge in [0.05, 0.1) is 16.5 Å². The number of amides is 2. The highest BCUT2D eigenvalue weighted by Gasteiger charge is 2.37. The van der Waals surface area contributed by atoms with Crippen LogP contribution < -0.4 is 16.2 Å². The zero-order valence-corrected chi connectivity index (χ0v) is 22.2. The van der Waals surface area contributed by atoms with Crippen molar-refractivity contribution in [1.82, 2.24) is 14.3 Å². The van der Waals surface area contributed by atoms with Gasteiger partial charge in [0.1, 0.15) is 15.8 Å². The summed E-state index contributed by atoms with van der Waals surface area (Å²) in [5, 5.41) is 0. The molecular formula is C27H27N5O3S2. The van der Waals surface area contributed by atoms with Gasteiger partial charge in [0, 0.05) is 25.2 Å². The van der Waals surface area contributed by atoms with Crippen molar-refractivity contribution in [2.45, 2.75) is 32.7 Å². The van der Waals surface area contributed by atoms with E-state index in [1.807, 2.05) is 55.1 Å². The maximum absolute atomic E-state index is 13.7. The summed E-state index contributed by atoms with van der Waals surface area (Å²) in [7, 11) is 0. The minimum Gasteiger partial charge on any atom is -0.369 e. The molecule has 0 radical (unpaired) electrons. The van der Waals surface area contributed by atoms with E-state index in [1.54, 1.807) is 23.2 Å². The molecule has 2 amide bonds. The normalized spacial score (nSPS) is 18.7. The van der Waals surface area contributed by atoms with Crippen LogP contribution in [0.5, 0.6) is 0 Å². The van der Waals surface area contributed by atoms with Gasteiger partial charge in [-0.05, 0) is 50.0 Å². The van der Waals surface area contributed by atoms with Gasteiger partial charge in [0.2, 0.25) is 5.91 Å². The van der Waals surface area contributed by atoms with Crippen molar-refractivity contribution >= 4 is 57.7 Å². The molecule has 0 bridgehead atoms. The molecule has 0 aliphatic carbocycles. The highest BCUT2D eigenvalue weighted by molar-refractivity contribution is 8.26. The first kappa shape index (κ1) is 25.2. The molecule has 0 spiro atoms. The Morgan fingerprint density at radius 1 is 1.16 bits per heavy atom. The molecule has 2 N–H and O–H groups in total. The van der Waals surface area contributed by atoms with Crippen molar-refractivity contribution in [3.05, 3.63) is 80.6 Å². The van der Waals surface area contributed by atoms with Crippen LogP contribution in [0.4, 0.5) is 5.82 Å². The lowest BCUT2D eigenvalue weighted by Crippen LogP contribution is -2.40. The Morgan fingerprint density at radius 3 is 2.54 bits per heavy atom. The predicted octanol–water partition coefficient (Wildman–Crippen LogP) is 3.67. The third kappa shape index (κ3) is 4.67. The number of pyridine rings is 1. The van der Waals surface area contributed by atoms with Gasteiger partial charge in [0.25, 0.3) is 11.5 Å². The minimum atomic E-state index is -0.307. The van der Waals surface area contributed by atoms with E-state index in [4.69, 9.17) is 22.9 Å². The molecule has 37 heavy (non-hydrogen) atoms. The fraction of sp³-hybridized carbons (Fsp3) is 0.296. The molecule has 190 valence electrons. The number of rotatable bonds is 5. The van der Waals surface area contributed by atoms with Crippen molar-refractivity contribution in [2.24, 2.45) is 11.7 Å². The van der Waals surface area contributed by atoms with Gasteiger partial charge >= 0.3 is 0 Å². The van der Waals surface area contributed by atoms with Crippen LogP contribution >= 0.6 is 24.0 Å². The first-order valence-corrected chi connectivity index (χ1v) is 13.4. The van der Waals surface area contributed by atoms with Gasteiger partial charge in [-0.2, -0.15) is 0 Å². The number of fused-ring (bicyclic) bond motifs is 1. The first-order chi connectivity index (χ1) is 17.8. The molecule has 4 heterocycles. The summed E-state index contributed by atoms with van der Waals surface area (Å²) < 4.78 is 1.95. The summed E-state index contributed by atoms with van der Waals surface area (Å²) >= 11 is 6.77. The lowest BCUT2D eigenvalue weighted by atomic mass is 9.96. The summed E-state index contributed by atoms with van der Waals surface area (Å²) in [4.78, 5) is 47.8. The standard InChI is InChI=1S/C27H27N5O3S2/c1-16-7-6-12-31-23(16)29-24(30-13-10-19(11-14-30)22(28)33)20(25(31)34)15-21-26(35)32(27(36)37-21)17(2)18-8-4-3-5-9-18/h3-9,12,15,17,19H,10-11,13-14H2,1-2H3,(H2,28,33)/b21-15-/t17-/m1/s1. The summed E-state index contributed by atoms with van der Waals surface area (Å²) in [6.07, 6.45) is 4.47. The molecule has 3 aromatic rings. The van der Waals surface area contributed by atoms with E-state index < -0.39 is 0 Å². The van der Waals surface area contributed by atoms with Crippen molar-refractivity contribution in [1.29, 1.82) is 0 Å². The van der Waals surface area contributed by atoms with Crippen LogP contribution in [0.1, 0.15) is 42.5 Å². The quantitative estimate of drug-likeness (QED) is 0.395. The van der Waals surface area contributed by atoms with E-state index in [2.05, 4.69) is 0 Å². The zero-order valence-electron chi connectivity index (χ0n) is 20.6. The molecule has 1 atom stereocenters. The number of aromatic nitrogens is 2. The van der Waals surface area contributed by atoms with Gasteiger partial charge in [-0.25, -0.2) is 4.98 Å². The van der Waals surface area contributed by atoms with Crippen LogP contribution in [0, 0.1) is 12.8 Å². The molecule has 2 aliphatic heterocycles. The molecule has 2 aliphatic rings. The molecule has 2 saturated heterocycles. The molecule has 1 aromatic carbocycles. The van der Waals surface area contributed by atoms with Crippen LogP contribution in [0.25, 0.3) is 11.7 Å². The molecular weight excluding hydrogens is 506 g/mol. The highest BCUT2D eigenvalue weighted by Crippen LogP contribution is 2.38. The molecule has 0 unspecified atom stereocenters. The van der Waals surface area contributed by atoms with Gasteiger partial charge in [-0.1, -0.05) is 60.4 Å². The monoisotopic (exact) mass is 533 g/mol. The lowest BCUT2D eigenvalue weighted by Gasteiger charge is -2.32. The highest BCUT2D eigenvalue weighted by atomic mass is 32.2. The maximum Gasteiger partial charge on any atom is 0.267 e. The molecule has 2 fully saturated rings. The Labute approximate surface area is 224 Å². The fourth-order valence-corrected chi connectivity index (χ4v) is 6.27. The number of anilines is 1. The Kier molecular flexibility index (Phi) is 6.87. The second-order valence-corrected chi connectivity index (χ2v) is 11.0. The number of benzene rings is 1. The average Bonchev–Trinajstić information content (AvgIpc) is 3.18. The zero-order chi connectivity index (χ0) is 26.3. The molecule has 5 rings (SSSR count). The number of thiocarbonyl (C=S) groups is 1. The summed E-state index contributed by atoms with van der Waals surface area (Å²) in [5.74, 6) is -0.237. The minimum absolute atomic E-state index is 0.196. The first-order valence-electron chi connectivity index (χ1n) is 12.1. The Morgan fingerprint density at radius 2 is 1.86 bits per heavy atom. The number of nitrogens with zero attached hydrogens (tertiary/aromatic N) is 4. The third-order valence-corrected chi connectivity index (χ3v) is 8.36. The lowest BCUT2D eigenvalue weighted by molar-refractivity contribution is -0.123. The van der Waals surface area contributed by atoms with Crippen LogP contribution in [0.3, 0.4) is 0 Å². The predicted molar refractivity (Wildman–Crippen MR) is 150 cm³/mol. The van der Waals surface area contributed by atoms with Crippen LogP contribution in [-0.2, 0) is 9.59 Å². The number of piperidine rings is 1. The molecule has 2 aromatic heterocycles. The van der Waals surface area contributed by atoms with Gasteiger partial charge in [0.15, 0.2) is 0 Å². The topological polar surface area (TPSA) is 101 Å². The van der Waals surface area contributed by atoms with E-state index in [9.17, 15) is 14.4 Å². The van der Waals surface area contributed by atoms with Crippen molar-refractivity contribution in [2.75, 3.05) is 18.0 Å².